The molecule has 3 aliphatic rings. The van der Waals surface area contributed by atoms with Crippen molar-refractivity contribution in [3.05, 3.63) is 107 Å². The number of nitrogens with one attached hydrogen (secondary N) is 1. The largest absolute Gasteiger partial charge is 0.445 e. The summed E-state index contributed by atoms with van der Waals surface area (Å²) in [5.74, 6) is -0.846. The Bertz CT molecular complexity index is 1500. The zero-order valence-corrected chi connectivity index (χ0v) is 25.5. The zero-order chi connectivity index (χ0) is 32.0. The van der Waals surface area contributed by atoms with Crippen molar-refractivity contribution in [2.45, 2.75) is 69.7 Å². The van der Waals surface area contributed by atoms with Gasteiger partial charge in [-0.3, -0.25) is 19.4 Å². The number of hydrogen-bond donors (Lipinski definition) is 3. The van der Waals surface area contributed by atoms with Gasteiger partial charge in [-0.15, -0.1) is 0 Å². The van der Waals surface area contributed by atoms with Crippen molar-refractivity contribution in [1.82, 2.24) is 15.1 Å². The molecule has 0 spiro atoms. The first-order valence-electron chi connectivity index (χ1n) is 15.7. The Morgan fingerprint density at radius 2 is 1.63 bits per heavy atom. The Hall–Kier alpha value is -4.13. The molecule has 11 heteroatoms. The van der Waals surface area contributed by atoms with E-state index in [-0.39, 0.29) is 50.4 Å². The Labute approximate surface area is 267 Å². The Balaban J connectivity index is 1.08. The van der Waals surface area contributed by atoms with Crippen molar-refractivity contribution in [3.8, 4) is 0 Å². The van der Waals surface area contributed by atoms with Crippen molar-refractivity contribution in [1.29, 1.82) is 0 Å². The van der Waals surface area contributed by atoms with Gasteiger partial charge in [0, 0.05) is 31.6 Å². The second-order valence-electron chi connectivity index (χ2n) is 12.1. The number of imide groups is 1. The summed E-state index contributed by atoms with van der Waals surface area (Å²) in [5.41, 5.74) is 4.17. The zero-order valence-electron chi connectivity index (χ0n) is 25.5. The number of rotatable bonds is 10. The summed E-state index contributed by atoms with van der Waals surface area (Å²) in [6, 6.07) is 23.3. The van der Waals surface area contributed by atoms with Gasteiger partial charge in [-0.1, -0.05) is 78.9 Å². The van der Waals surface area contributed by atoms with Crippen molar-refractivity contribution in [2.24, 2.45) is 0 Å². The van der Waals surface area contributed by atoms with Gasteiger partial charge in [-0.2, -0.15) is 0 Å². The lowest BCUT2D eigenvalue weighted by Gasteiger charge is -2.38. The first-order valence-corrected chi connectivity index (χ1v) is 15.7. The van der Waals surface area contributed by atoms with Gasteiger partial charge in [0.2, 0.25) is 5.91 Å². The van der Waals surface area contributed by atoms with E-state index in [1.165, 1.54) is 0 Å². The van der Waals surface area contributed by atoms with Gasteiger partial charge in [0.05, 0.1) is 37.9 Å². The van der Waals surface area contributed by atoms with Crippen LogP contribution in [-0.2, 0) is 43.6 Å². The number of aliphatic hydroxyl groups is 2. The fourth-order valence-electron chi connectivity index (χ4n) is 6.13. The topological polar surface area (TPSA) is 138 Å². The van der Waals surface area contributed by atoms with E-state index in [4.69, 9.17) is 14.2 Å². The van der Waals surface area contributed by atoms with Gasteiger partial charge in [0.15, 0.2) is 6.29 Å². The summed E-state index contributed by atoms with van der Waals surface area (Å²) in [5, 5.41) is 22.0. The first kappa shape index (κ1) is 31.8. The number of ether oxygens (including phenoxy) is 3. The smallest absolute Gasteiger partial charge is 0.408 e. The molecule has 11 nitrogen and oxygen atoms in total. The molecule has 6 rings (SSSR count). The molecule has 3 saturated heterocycles. The third-order valence-electron chi connectivity index (χ3n) is 8.67. The molecular weight excluding hydrogens is 590 g/mol. The SMILES string of the molecule is O=C(NC1CC(=O)N(Cc2ccc([C@H]3O[C@@H](CN4CC[C@H](O)C4)C[C@@H](c4ccc(CO)cc4)O3)cc2)C1=O)OCc1ccccc1. The molecule has 3 N–H and O–H groups in total. The summed E-state index contributed by atoms with van der Waals surface area (Å²) in [7, 11) is 0. The van der Waals surface area contributed by atoms with Crippen LogP contribution in [0.2, 0.25) is 0 Å². The van der Waals surface area contributed by atoms with Crippen molar-refractivity contribution in [2.75, 3.05) is 19.6 Å². The number of nitrogens with zero attached hydrogens (tertiary/aromatic N) is 2. The lowest BCUT2D eigenvalue weighted by molar-refractivity contribution is -0.252. The predicted octanol–water partition coefficient (Wildman–Crippen LogP) is 3.34. The molecule has 242 valence electrons. The minimum atomic E-state index is -0.976. The van der Waals surface area contributed by atoms with Crippen molar-refractivity contribution in [3.63, 3.8) is 0 Å². The van der Waals surface area contributed by atoms with E-state index in [1.807, 2.05) is 78.9 Å². The number of carbonyl (C=O) groups is 3. The Kier molecular flexibility index (Phi) is 10.1. The summed E-state index contributed by atoms with van der Waals surface area (Å²) in [6.45, 7) is 2.21. The summed E-state index contributed by atoms with van der Waals surface area (Å²) in [4.78, 5) is 41.4. The van der Waals surface area contributed by atoms with Gasteiger partial charge < -0.3 is 29.7 Å². The summed E-state index contributed by atoms with van der Waals surface area (Å²) < 4.78 is 18.1. The maximum Gasteiger partial charge on any atom is 0.408 e. The number of likely N-dealkylation sites (tertiary alicyclic amines) is 2. The molecule has 1 unspecified atom stereocenters. The highest BCUT2D eigenvalue weighted by atomic mass is 16.7. The number of alkyl carbamates (subject to hydrolysis) is 1. The number of aliphatic hydroxyl groups excluding tert-OH is 2. The standard InChI is InChI=1S/C35H39N3O8/c39-21-24-8-10-26(11-9-24)31-16-29(20-37-15-14-28(40)19-37)45-34(46-31)27-12-6-23(7-13-27)18-38-32(41)17-30(33(38)42)36-35(43)44-22-25-4-2-1-3-5-25/h1-13,28-31,34,39-40H,14-22H2,(H,36,43)/t28-,29+,30?,31-,34-/m0/s1. The third kappa shape index (κ3) is 7.80. The number of benzene rings is 3. The van der Waals surface area contributed by atoms with Crippen LogP contribution in [-0.4, -0.2) is 75.8 Å². The maximum atomic E-state index is 13.0. The second-order valence-corrected chi connectivity index (χ2v) is 12.1. The third-order valence-corrected chi connectivity index (χ3v) is 8.67. The van der Waals surface area contributed by atoms with E-state index in [9.17, 15) is 24.6 Å². The van der Waals surface area contributed by atoms with Gasteiger partial charge in [0.25, 0.3) is 5.91 Å². The molecule has 5 atom stereocenters. The van der Waals surface area contributed by atoms with Crippen LogP contribution in [0.4, 0.5) is 4.79 Å². The van der Waals surface area contributed by atoms with Gasteiger partial charge in [-0.25, -0.2) is 4.79 Å². The highest BCUT2D eigenvalue weighted by Gasteiger charge is 2.40. The van der Waals surface area contributed by atoms with Crippen LogP contribution in [0.3, 0.4) is 0 Å². The Morgan fingerprint density at radius 1 is 0.913 bits per heavy atom. The fraction of sp³-hybridized carbons (Fsp3) is 0.400. The molecule has 0 aromatic heterocycles. The molecule has 0 aliphatic carbocycles. The van der Waals surface area contributed by atoms with E-state index >= 15 is 0 Å². The Morgan fingerprint density at radius 3 is 2.33 bits per heavy atom. The van der Waals surface area contributed by atoms with Crippen LogP contribution in [0.1, 0.15) is 59.5 Å². The van der Waals surface area contributed by atoms with E-state index in [0.717, 1.165) is 45.7 Å². The van der Waals surface area contributed by atoms with Crippen LogP contribution < -0.4 is 5.32 Å². The van der Waals surface area contributed by atoms with Gasteiger partial charge in [-0.05, 0) is 28.7 Å². The van der Waals surface area contributed by atoms with Crippen LogP contribution in [0.25, 0.3) is 0 Å². The lowest BCUT2D eigenvalue weighted by Crippen LogP contribution is -2.41. The number of hydrogen-bond acceptors (Lipinski definition) is 9. The molecule has 0 saturated carbocycles. The maximum absolute atomic E-state index is 13.0. The van der Waals surface area contributed by atoms with Gasteiger partial charge >= 0.3 is 6.09 Å². The highest BCUT2D eigenvalue weighted by molar-refractivity contribution is 6.06. The molecule has 3 fully saturated rings. The van der Waals surface area contributed by atoms with Gasteiger partial charge in [0.1, 0.15) is 12.6 Å². The molecule has 46 heavy (non-hydrogen) atoms. The van der Waals surface area contributed by atoms with E-state index in [2.05, 4.69) is 10.2 Å². The lowest BCUT2D eigenvalue weighted by atomic mass is 9.99. The molecule has 3 heterocycles. The van der Waals surface area contributed by atoms with Crippen molar-refractivity contribution >= 4 is 17.9 Å². The first-order chi connectivity index (χ1) is 22.3. The molecule has 0 bridgehead atoms. The number of amides is 3. The van der Waals surface area contributed by atoms with Crippen LogP contribution in [0.15, 0.2) is 78.9 Å². The van der Waals surface area contributed by atoms with E-state index in [0.29, 0.717) is 19.5 Å². The monoisotopic (exact) mass is 629 g/mol. The minimum Gasteiger partial charge on any atom is -0.445 e. The van der Waals surface area contributed by atoms with E-state index < -0.39 is 24.3 Å². The normalized spacial score (nSPS) is 25.2. The highest BCUT2D eigenvalue weighted by Crippen LogP contribution is 2.38. The number of β-amino-alcohol motifs (C(OH)–C–C–N with tert-alkyl or cyclic N) is 1. The summed E-state index contributed by atoms with van der Waals surface area (Å²) >= 11 is 0. The van der Waals surface area contributed by atoms with Crippen LogP contribution in [0.5, 0.6) is 0 Å². The average Bonchev–Trinajstić information content (AvgIpc) is 3.60. The minimum absolute atomic E-state index is 0.0309. The van der Waals surface area contributed by atoms with Crippen LogP contribution in [0, 0.1) is 0 Å². The molecule has 3 aliphatic heterocycles. The van der Waals surface area contributed by atoms with Crippen LogP contribution >= 0.6 is 0 Å². The molecule has 3 aromatic carbocycles. The average molecular weight is 630 g/mol. The fourth-order valence-corrected chi connectivity index (χ4v) is 6.13. The summed E-state index contributed by atoms with van der Waals surface area (Å²) in [6.07, 6.45) is -0.812. The molecule has 3 amide bonds. The quantitative estimate of drug-likeness (QED) is 0.288. The predicted molar refractivity (Wildman–Crippen MR) is 166 cm³/mol. The van der Waals surface area contributed by atoms with Crippen molar-refractivity contribution < 1.29 is 38.8 Å². The number of carbonyl (C=O) groups excluding carboxylic acids is 3. The molecule has 0 radical (unpaired) electrons. The van der Waals surface area contributed by atoms with E-state index in [1.54, 1.807) is 0 Å². The molecular formula is C35H39N3O8. The second kappa shape index (κ2) is 14.5. The molecule has 3 aromatic rings.